The van der Waals surface area contributed by atoms with Crippen LogP contribution in [0.4, 0.5) is 0 Å². The quantitative estimate of drug-likeness (QED) is 0.742. The van der Waals surface area contributed by atoms with Crippen LogP contribution in [0.25, 0.3) is 0 Å². The van der Waals surface area contributed by atoms with Gasteiger partial charge in [-0.1, -0.05) is 6.92 Å². The van der Waals surface area contributed by atoms with E-state index in [1.165, 1.54) is 12.5 Å². The average molecular weight is 184 g/mol. The van der Waals surface area contributed by atoms with Crippen molar-refractivity contribution >= 4 is 5.97 Å². The van der Waals surface area contributed by atoms with Gasteiger partial charge in [0.1, 0.15) is 0 Å². The monoisotopic (exact) mass is 184 g/mol. The fourth-order valence-electron chi connectivity index (χ4n) is 1.21. The zero-order valence-electron chi connectivity index (χ0n) is 7.30. The largest absolute Gasteiger partial charge is 0.481 e. The van der Waals surface area contributed by atoms with Gasteiger partial charge in [-0.15, -0.1) is 0 Å². The first-order chi connectivity index (χ1) is 6.16. The molecule has 0 amide bonds. The number of carboxylic acid groups (broad SMARTS) is 1. The van der Waals surface area contributed by atoms with Gasteiger partial charge in [0.05, 0.1) is 24.5 Å². The van der Waals surface area contributed by atoms with Crippen LogP contribution in [0.3, 0.4) is 0 Å². The maximum absolute atomic E-state index is 10.7. The van der Waals surface area contributed by atoms with E-state index in [1.807, 2.05) is 0 Å². The molecule has 0 radical (unpaired) electrons. The number of carboxylic acids is 1. The Morgan fingerprint density at radius 3 is 2.77 bits per heavy atom. The summed E-state index contributed by atoms with van der Waals surface area (Å²) in [6.45, 7) is 1.72. The second-order valence-electron chi connectivity index (χ2n) is 2.85. The Labute approximate surface area is 75.8 Å². The summed E-state index contributed by atoms with van der Waals surface area (Å²) in [7, 11) is 0. The number of hydrogen-bond acceptors (Lipinski definition) is 3. The van der Waals surface area contributed by atoms with Crippen LogP contribution in [0.15, 0.2) is 23.0 Å². The van der Waals surface area contributed by atoms with Gasteiger partial charge in [0.25, 0.3) is 0 Å². The van der Waals surface area contributed by atoms with Crippen LogP contribution >= 0.6 is 0 Å². The highest BCUT2D eigenvalue weighted by molar-refractivity contribution is 5.70. The first-order valence-corrected chi connectivity index (χ1v) is 4.09. The van der Waals surface area contributed by atoms with Crippen molar-refractivity contribution in [3.05, 3.63) is 24.2 Å². The third-order valence-corrected chi connectivity index (χ3v) is 2.02. The van der Waals surface area contributed by atoms with Crippen LogP contribution < -0.4 is 0 Å². The van der Waals surface area contributed by atoms with Gasteiger partial charge in [0, 0.05) is 5.56 Å². The number of carbonyl (C=O) groups is 1. The van der Waals surface area contributed by atoms with Crippen molar-refractivity contribution in [2.75, 3.05) is 0 Å². The Morgan fingerprint density at radius 2 is 2.38 bits per heavy atom. The van der Waals surface area contributed by atoms with E-state index < -0.39 is 18.0 Å². The van der Waals surface area contributed by atoms with Gasteiger partial charge in [-0.2, -0.15) is 0 Å². The molecule has 0 bridgehead atoms. The second-order valence-corrected chi connectivity index (χ2v) is 2.85. The maximum Gasteiger partial charge on any atom is 0.309 e. The van der Waals surface area contributed by atoms with E-state index in [2.05, 4.69) is 0 Å². The molecule has 0 aliphatic rings. The molecule has 1 aromatic heterocycles. The Kier molecular flexibility index (Phi) is 3.08. The summed E-state index contributed by atoms with van der Waals surface area (Å²) in [5.74, 6) is -1.76. The molecule has 1 unspecified atom stereocenters. The van der Waals surface area contributed by atoms with Gasteiger partial charge in [0.2, 0.25) is 0 Å². The lowest BCUT2D eigenvalue weighted by atomic mass is 9.95. The van der Waals surface area contributed by atoms with E-state index in [9.17, 15) is 9.90 Å². The van der Waals surface area contributed by atoms with E-state index >= 15 is 0 Å². The summed E-state index contributed by atoms with van der Waals surface area (Å²) in [5, 5.41) is 18.4. The summed E-state index contributed by atoms with van der Waals surface area (Å²) >= 11 is 0. The molecule has 4 nitrogen and oxygen atoms in total. The number of aliphatic hydroxyl groups is 1. The molecule has 4 heteroatoms. The number of hydrogen-bond donors (Lipinski definition) is 2. The second kappa shape index (κ2) is 4.09. The Bertz CT molecular complexity index is 265. The summed E-state index contributed by atoms with van der Waals surface area (Å²) < 4.78 is 4.76. The molecule has 72 valence electrons. The molecule has 0 aliphatic carbocycles. The SMILES string of the molecule is CC[C@H](C(=O)O)C(O)c1ccoc1. The predicted molar refractivity (Wildman–Crippen MR) is 45.1 cm³/mol. The molecule has 0 aliphatic heterocycles. The van der Waals surface area contributed by atoms with Crippen LogP contribution in [0, 0.1) is 5.92 Å². The molecular formula is C9H12O4. The van der Waals surface area contributed by atoms with Gasteiger partial charge in [-0.25, -0.2) is 0 Å². The minimum Gasteiger partial charge on any atom is -0.481 e. The van der Waals surface area contributed by atoms with Gasteiger partial charge in [-0.05, 0) is 12.5 Å². The topological polar surface area (TPSA) is 70.7 Å². The highest BCUT2D eigenvalue weighted by Gasteiger charge is 2.26. The molecule has 0 fully saturated rings. The molecule has 0 saturated carbocycles. The zero-order valence-corrected chi connectivity index (χ0v) is 7.30. The van der Waals surface area contributed by atoms with Crippen LogP contribution in [-0.2, 0) is 4.79 Å². The highest BCUT2D eigenvalue weighted by atomic mass is 16.4. The predicted octanol–water partition coefficient (Wildman–Crippen LogP) is 1.42. The normalized spacial score (nSPS) is 15.2. The van der Waals surface area contributed by atoms with Gasteiger partial charge in [-0.3, -0.25) is 4.79 Å². The van der Waals surface area contributed by atoms with Gasteiger partial charge < -0.3 is 14.6 Å². The molecule has 2 N–H and O–H groups in total. The lowest BCUT2D eigenvalue weighted by Gasteiger charge is -2.15. The van der Waals surface area contributed by atoms with E-state index in [-0.39, 0.29) is 0 Å². The van der Waals surface area contributed by atoms with Crippen LogP contribution in [0.1, 0.15) is 25.0 Å². The third kappa shape index (κ3) is 2.09. The molecule has 1 aromatic rings. The molecule has 2 atom stereocenters. The summed E-state index contributed by atoms with van der Waals surface area (Å²) in [5.41, 5.74) is 0.509. The molecule has 1 heterocycles. The fraction of sp³-hybridized carbons (Fsp3) is 0.444. The number of aliphatic carboxylic acids is 1. The first-order valence-electron chi connectivity index (χ1n) is 4.09. The zero-order chi connectivity index (χ0) is 9.84. The minimum atomic E-state index is -0.990. The smallest absolute Gasteiger partial charge is 0.309 e. The van der Waals surface area contributed by atoms with Gasteiger partial charge in [0.15, 0.2) is 0 Å². The molecule has 0 aromatic carbocycles. The molecule has 0 spiro atoms. The van der Waals surface area contributed by atoms with Crippen molar-refractivity contribution in [1.29, 1.82) is 0 Å². The lowest BCUT2D eigenvalue weighted by molar-refractivity contribution is -0.146. The van der Waals surface area contributed by atoms with Crippen molar-refractivity contribution in [2.45, 2.75) is 19.4 Å². The summed E-state index contributed by atoms with van der Waals surface area (Å²) in [4.78, 5) is 10.7. The number of furan rings is 1. The highest BCUT2D eigenvalue weighted by Crippen LogP contribution is 2.24. The van der Waals surface area contributed by atoms with Crippen molar-refractivity contribution in [2.24, 2.45) is 5.92 Å². The first kappa shape index (κ1) is 9.80. The number of aliphatic hydroxyl groups excluding tert-OH is 1. The summed E-state index contributed by atoms with van der Waals surface area (Å²) in [6.07, 6.45) is 2.17. The van der Waals surface area contributed by atoms with Crippen LogP contribution in [-0.4, -0.2) is 16.2 Å². The van der Waals surface area contributed by atoms with E-state index in [0.29, 0.717) is 12.0 Å². The molecule has 13 heavy (non-hydrogen) atoms. The molecular weight excluding hydrogens is 172 g/mol. The maximum atomic E-state index is 10.7. The Hall–Kier alpha value is -1.29. The lowest BCUT2D eigenvalue weighted by Crippen LogP contribution is -2.20. The Morgan fingerprint density at radius 1 is 1.69 bits per heavy atom. The van der Waals surface area contributed by atoms with Crippen molar-refractivity contribution < 1.29 is 19.4 Å². The van der Waals surface area contributed by atoms with Crippen LogP contribution in [0.2, 0.25) is 0 Å². The average Bonchev–Trinajstić information content (AvgIpc) is 2.56. The van der Waals surface area contributed by atoms with Crippen molar-refractivity contribution in [1.82, 2.24) is 0 Å². The fourth-order valence-corrected chi connectivity index (χ4v) is 1.21. The molecule has 0 saturated heterocycles. The summed E-state index contributed by atoms with van der Waals surface area (Å²) in [6, 6.07) is 1.57. The van der Waals surface area contributed by atoms with Gasteiger partial charge >= 0.3 is 5.97 Å². The minimum absolute atomic E-state index is 0.391. The molecule has 1 rings (SSSR count). The van der Waals surface area contributed by atoms with E-state index in [1.54, 1.807) is 13.0 Å². The Balaban J connectivity index is 2.76. The van der Waals surface area contributed by atoms with Crippen LogP contribution in [0.5, 0.6) is 0 Å². The number of rotatable bonds is 4. The van der Waals surface area contributed by atoms with Crippen molar-refractivity contribution in [3.63, 3.8) is 0 Å². The van der Waals surface area contributed by atoms with E-state index in [0.717, 1.165) is 0 Å². The third-order valence-electron chi connectivity index (χ3n) is 2.02. The van der Waals surface area contributed by atoms with E-state index in [4.69, 9.17) is 9.52 Å². The van der Waals surface area contributed by atoms with Crippen molar-refractivity contribution in [3.8, 4) is 0 Å². The standard InChI is InChI=1S/C9H12O4/c1-2-7(9(11)12)8(10)6-3-4-13-5-6/h3-5,7-8,10H,2H2,1H3,(H,11,12)/t7-,8?/m0/s1.